The fourth-order valence-electron chi connectivity index (χ4n) is 4.62. The van der Waals surface area contributed by atoms with Gasteiger partial charge in [-0.25, -0.2) is 0 Å². The molecule has 6 nitrogen and oxygen atoms in total. The topological polar surface area (TPSA) is 71.6 Å². The van der Waals surface area contributed by atoms with Crippen LogP contribution in [0.2, 0.25) is 0 Å². The molecule has 1 aromatic heterocycles. The van der Waals surface area contributed by atoms with E-state index in [9.17, 15) is 9.59 Å². The van der Waals surface area contributed by atoms with Crippen molar-refractivity contribution < 1.29 is 14.3 Å². The molecule has 31 heavy (non-hydrogen) atoms. The van der Waals surface area contributed by atoms with Gasteiger partial charge in [0.25, 0.3) is 5.91 Å². The molecule has 4 rings (SSSR count). The normalized spacial score (nSPS) is 21.1. The molecular formula is C25H32N2O4. The van der Waals surface area contributed by atoms with Crippen LogP contribution in [0.4, 0.5) is 0 Å². The first-order chi connectivity index (χ1) is 15.1. The zero-order chi connectivity index (χ0) is 21.8. The molecule has 2 aliphatic rings. The Balaban J connectivity index is 1.58. The van der Waals surface area contributed by atoms with Crippen molar-refractivity contribution in [2.75, 3.05) is 19.8 Å². The van der Waals surface area contributed by atoms with Gasteiger partial charge in [0.2, 0.25) is 0 Å². The fourth-order valence-corrected chi connectivity index (χ4v) is 4.62. The van der Waals surface area contributed by atoms with E-state index in [0.29, 0.717) is 31.1 Å². The number of carbonyl (C=O) groups excluding carboxylic acids is 1. The number of nitrogens with zero attached hydrogens (tertiary/aromatic N) is 1. The number of aromatic nitrogens is 1. The minimum atomic E-state index is -0.284. The van der Waals surface area contributed by atoms with Gasteiger partial charge < -0.3 is 19.4 Å². The Morgan fingerprint density at radius 2 is 1.97 bits per heavy atom. The van der Waals surface area contributed by atoms with Crippen molar-refractivity contribution in [1.29, 1.82) is 0 Å². The molecule has 2 aromatic rings. The number of fused-ring (bicyclic) bond motifs is 1. The van der Waals surface area contributed by atoms with Crippen molar-refractivity contribution >= 4 is 5.91 Å². The molecule has 1 fully saturated rings. The second-order valence-corrected chi connectivity index (χ2v) is 8.45. The van der Waals surface area contributed by atoms with Gasteiger partial charge in [-0.2, -0.15) is 0 Å². The van der Waals surface area contributed by atoms with Crippen LogP contribution in [0.25, 0.3) is 0 Å². The number of amides is 1. The first-order valence-electron chi connectivity index (χ1n) is 11.5. The third kappa shape index (κ3) is 4.69. The van der Waals surface area contributed by atoms with Crippen molar-refractivity contribution in [3.05, 3.63) is 62.9 Å². The standard InChI is InChI=1S/C25H32N2O4/c1-3-7-17-9-11-18(12-10-17)21-14-20-24(25(29)27(21)4-2)22(28)15-23(26-20)31-16-19-8-5-6-13-30-19/h9-12,15,19,21H,3-8,13-14,16H2,1-2H3,(H,26,28). The van der Waals surface area contributed by atoms with E-state index in [0.717, 1.165) is 44.3 Å². The van der Waals surface area contributed by atoms with Gasteiger partial charge in [-0.1, -0.05) is 37.6 Å². The smallest absolute Gasteiger partial charge is 0.260 e. The lowest BCUT2D eigenvalue weighted by molar-refractivity contribution is -0.0120. The van der Waals surface area contributed by atoms with Crippen molar-refractivity contribution in [2.45, 2.75) is 64.5 Å². The van der Waals surface area contributed by atoms with E-state index in [1.165, 1.54) is 11.6 Å². The number of carbonyl (C=O) groups is 1. The third-order valence-corrected chi connectivity index (χ3v) is 6.28. The second-order valence-electron chi connectivity index (χ2n) is 8.45. The average molecular weight is 425 g/mol. The van der Waals surface area contributed by atoms with Crippen molar-refractivity contribution in [3.8, 4) is 5.88 Å². The molecule has 0 bridgehead atoms. The van der Waals surface area contributed by atoms with Crippen LogP contribution in [0.1, 0.15) is 72.8 Å². The molecule has 1 N–H and O–H groups in total. The number of likely N-dealkylation sites (N-methyl/N-ethyl adjacent to an activating group) is 1. The number of aryl methyl sites for hydroxylation is 1. The predicted octanol–water partition coefficient (Wildman–Crippen LogP) is 4.03. The highest BCUT2D eigenvalue weighted by atomic mass is 16.5. The zero-order valence-electron chi connectivity index (χ0n) is 18.5. The minimum absolute atomic E-state index is 0.0554. The van der Waals surface area contributed by atoms with Crippen LogP contribution in [0.3, 0.4) is 0 Å². The Hall–Kier alpha value is -2.60. The molecule has 6 heteroatoms. The number of rotatable bonds is 7. The maximum absolute atomic E-state index is 13.2. The lowest BCUT2D eigenvalue weighted by Crippen LogP contribution is -2.43. The molecule has 2 atom stereocenters. The number of pyridine rings is 1. The van der Waals surface area contributed by atoms with Crippen LogP contribution in [0.5, 0.6) is 5.88 Å². The van der Waals surface area contributed by atoms with Crippen LogP contribution in [-0.4, -0.2) is 41.7 Å². The zero-order valence-corrected chi connectivity index (χ0v) is 18.5. The molecule has 0 radical (unpaired) electrons. The molecule has 2 unspecified atom stereocenters. The highest BCUT2D eigenvalue weighted by Crippen LogP contribution is 2.32. The number of benzene rings is 1. The SMILES string of the molecule is CCCc1ccc(C2Cc3[nH]c(OCC4CCCCO4)cc(=O)c3C(=O)N2CC)cc1. The molecular weight excluding hydrogens is 392 g/mol. The van der Waals surface area contributed by atoms with Crippen LogP contribution >= 0.6 is 0 Å². The minimum Gasteiger partial charge on any atom is -0.476 e. The third-order valence-electron chi connectivity index (χ3n) is 6.28. The highest BCUT2D eigenvalue weighted by molar-refractivity contribution is 5.96. The first kappa shape index (κ1) is 21.6. The predicted molar refractivity (Wildman–Crippen MR) is 120 cm³/mol. The summed E-state index contributed by atoms with van der Waals surface area (Å²) in [6.07, 6.45) is 5.95. The van der Waals surface area contributed by atoms with E-state index in [2.05, 4.69) is 36.2 Å². The fraction of sp³-hybridized carbons (Fsp3) is 0.520. The molecule has 166 valence electrons. The highest BCUT2D eigenvalue weighted by Gasteiger charge is 2.35. The quantitative estimate of drug-likeness (QED) is 0.728. The molecule has 1 aromatic carbocycles. The Bertz CT molecular complexity index is 960. The van der Waals surface area contributed by atoms with E-state index in [1.54, 1.807) is 4.90 Å². The summed E-state index contributed by atoms with van der Waals surface area (Å²) >= 11 is 0. The first-order valence-corrected chi connectivity index (χ1v) is 11.5. The van der Waals surface area contributed by atoms with Crippen molar-refractivity contribution in [3.63, 3.8) is 0 Å². The summed E-state index contributed by atoms with van der Waals surface area (Å²) < 4.78 is 11.6. The molecule has 0 saturated carbocycles. The van der Waals surface area contributed by atoms with E-state index < -0.39 is 0 Å². The number of hydrogen-bond donors (Lipinski definition) is 1. The van der Waals surface area contributed by atoms with E-state index in [4.69, 9.17) is 9.47 Å². The van der Waals surface area contributed by atoms with E-state index >= 15 is 0 Å². The molecule has 1 amide bonds. The van der Waals surface area contributed by atoms with E-state index in [-0.39, 0.29) is 29.0 Å². The molecule has 1 saturated heterocycles. The van der Waals surface area contributed by atoms with Gasteiger partial charge in [-0.15, -0.1) is 0 Å². The molecule has 2 aliphatic heterocycles. The maximum Gasteiger partial charge on any atom is 0.260 e. The Morgan fingerprint density at radius 3 is 2.65 bits per heavy atom. The van der Waals surface area contributed by atoms with Crippen molar-refractivity contribution in [1.82, 2.24) is 9.88 Å². The van der Waals surface area contributed by atoms with Gasteiger partial charge in [0.05, 0.1) is 12.1 Å². The number of ether oxygens (including phenoxy) is 2. The summed E-state index contributed by atoms with van der Waals surface area (Å²) in [7, 11) is 0. The monoisotopic (exact) mass is 424 g/mol. The number of aromatic amines is 1. The largest absolute Gasteiger partial charge is 0.476 e. The number of H-pyrrole nitrogens is 1. The lowest BCUT2D eigenvalue weighted by atomic mass is 9.91. The van der Waals surface area contributed by atoms with Gasteiger partial charge in [0.1, 0.15) is 12.2 Å². The lowest BCUT2D eigenvalue weighted by Gasteiger charge is -2.36. The summed E-state index contributed by atoms with van der Waals surface area (Å²) in [6, 6.07) is 9.78. The summed E-state index contributed by atoms with van der Waals surface area (Å²) in [5, 5.41) is 0. The van der Waals surface area contributed by atoms with Crippen LogP contribution in [0, 0.1) is 0 Å². The summed E-state index contributed by atoms with van der Waals surface area (Å²) in [5.41, 5.74) is 2.99. The van der Waals surface area contributed by atoms with E-state index in [1.807, 2.05) is 6.92 Å². The Morgan fingerprint density at radius 1 is 1.16 bits per heavy atom. The summed E-state index contributed by atoms with van der Waals surface area (Å²) in [4.78, 5) is 31.0. The van der Waals surface area contributed by atoms with Crippen LogP contribution in [0.15, 0.2) is 35.1 Å². The Kier molecular flexibility index (Phi) is 6.76. The van der Waals surface area contributed by atoms with Crippen LogP contribution < -0.4 is 10.2 Å². The van der Waals surface area contributed by atoms with Gasteiger partial charge in [0.15, 0.2) is 11.3 Å². The van der Waals surface area contributed by atoms with Crippen LogP contribution in [-0.2, 0) is 17.6 Å². The summed E-state index contributed by atoms with van der Waals surface area (Å²) in [5.74, 6) is 0.197. The number of hydrogen-bond acceptors (Lipinski definition) is 4. The number of nitrogens with one attached hydrogen (secondary N) is 1. The van der Waals surface area contributed by atoms with Gasteiger partial charge in [-0.3, -0.25) is 9.59 Å². The van der Waals surface area contributed by atoms with Gasteiger partial charge >= 0.3 is 0 Å². The van der Waals surface area contributed by atoms with Gasteiger partial charge in [-0.05, 0) is 43.7 Å². The second kappa shape index (κ2) is 9.69. The molecule has 0 aliphatic carbocycles. The summed E-state index contributed by atoms with van der Waals surface area (Å²) in [6.45, 7) is 5.84. The molecule has 0 spiro atoms. The average Bonchev–Trinajstić information content (AvgIpc) is 2.78. The van der Waals surface area contributed by atoms with Gasteiger partial charge in [0, 0.05) is 31.3 Å². The Labute approximate surface area is 183 Å². The maximum atomic E-state index is 13.2. The van der Waals surface area contributed by atoms with Crippen molar-refractivity contribution in [2.24, 2.45) is 0 Å². The molecule has 3 heterocycles.